The zero-order valence-electron chi connectivity index (χ0n) is 9.49. The Hall–Kier alpha value is -1.79. The molecule has 1 atom stereocenters. The number of rotatable bonds is 4. The van der Waals surface area contributed by atoms with Crippen molar-refractivity contribution in [2.24, 2.45) is 0 Å². The summed E-state index contributed by atoms with van der Waals surface area (Å²) >= 11 is 0. The molecule has 1 N–H and O–H groups in total. The van der Waals surface area contributed by atoms with Gasteiger partial charge in [-0.25, -0.2) is 4.79 Å². The monoisotopic (exact) mass is 217 g/mol. The van der Waals surface area contributed by atoms with E-state index in [4.69, 9.17) is 11.2 Å². The van der Waals surface area contributed by atoms with Crippen molar-refractivity contribution < 1.29 is 9.53 Å². The van der Waals surface area contributed by atoms with Crippen molar-refractivity contribution in [3.8, 4) is 12.3 Å². The first kappa shape index (κ1) is 12.3. The molecule has 16 heavy (non-hydrogen) atoms. The van der Waals surface area contributed by atoms with Gasteiger partial charge in [-0.2, -0.15) is 0 Å². The summed E-state index contributed by atoms with van der Waals surface area (Å²) in [6, 6.07) is 7.18. The summed E-state index contributed by atoms with van der Waals surface area (Å²) in [6.45, 7) is 2.30. The smallest absolute Gasteiger partial charge is 0.327 e. The second-order valence-electron chi connectivity index (χ2n) is 3.46. The van der Waals surface area contributed by atoms with Crippen LogP contribution >= 0.6 is 0 Å². The molecule has 0 aliphatic heterocycles. The number of terminal acetylenes is 1. The molecular weight excluding hydrogens is 202 g/mol. The maximum Gasteiger partial charge on any atom is 0.327 e. The molecule has 1 aromatic carbocycles. The molecule has 0 heterocycles. The van der Waals surface area contributed by atoms with Crippen molar-refractivity contribution in [2.75, 3.05) is 13.7 Å². The average molecular weight is 217 g/mol. The van der Waals surface area contributed by atoms with Crippen LogP contribution in [0.2, 0.25) is 0 Å². The lowest BCUT2D eigenvalue weighted by Gasteiger charge is -2.15. The summed E-state index contributed by atoms with van der Waals surface area (Å²) < 4.78 is 4.73. The Morgan fingerprint density at radius 1 is 1.62 bits per heavy atom. The predicted octanol–water partition coefficient (Wildman–Crippen LogP) is 1.43. The zero-order chi connectivity index (χ0) is 12.0. The summed E-state index contributed by atoms with van der Waals surface area (Å²) in [5.74, 6) is 2.11. The second kappa shape index (κ2) is 5.94. The predicted molar refractivity (Wildman–Crippen MR) is 62.8 cm³/mol. The lowest BCUT2D eigenvalue weighted by Crippen LogP contribution is -2.29. The molecule has 0 radical (unpaired) electrons. The fourth-order valence-corrected chi connectivity index (χ4v) is 1.47. The fourth-order valence-electron chi connectivity index (χ4n) is 1.47. The minimum Gasteiger partial charge on any atom is -0.468 e. The van der Waals surface area contributed by atoms with Crippen LogP contribution in [0.25, 0.3) is 0 Å². The molecule has 84 valence electrons. The van der Waals surface area contributed by atoms with E-state index in [1.54, 1.807) is 0 Å². The minimum absolute atomic E-state index is 0.327. The van der Waals surface area contributed by atoms with Crippen molar-refractivity contribution in [1.29, 1.82) is 0 Å². The molecule has 3 nitrogen and oxygen atoms in total. The number of hydrogen-bond acceptors (Lipinski definition) is 3. The van der Waals surface area contributed by atoms with Crippen LogP contribution in [0.15, 0.2) is 24.3 Å². The van der Waals surface area contributed by atoms with E-state index in [2.05, 4.69) is 11.2 Å². The van der Waals surface area contributed by atoms with Crippen LogP contribution in [0, 0.1) is 19.3 Å². The van der Waals surface area contributed by atoms with Crippen LogP contribution in [0.5, 0.6) is 0 Å². The average Bonchev–Trinajstić information content (AvgIpc) is 2.29. The van der Waals surface area contributed by atoms with Gasteiger partial charge in [0.2, 0.25) is 0 Å². The van der Waals surface area contributed by atoms with E-state index >= 15 is 0 Å². The zero-order valence-corrected chi connectivity index (χ0v) is 9.49. The van der Waals surface area contributed by atoms with Crippen molar-refractivity contribution in [1.82, 2.24) is 5.32 Å². The first-order chi connectivity index (χ1) is 7.69. The number of carbonyl (C=O) groups is 1. The van der Waals surface area contributed by atoms with E-state index in [1.807, 2.05) is 31.2 Å². The molecule has 0 spiro atoms. The van der Waals surface area contributed by atoms with Crippen molar-refractivity contribution >= 4 is 5.97 Å². The third-order valence-electron chi connectivity index (χ3n) is 2.22. The molecule has 0 bridgehead atoms. The number of esters is 1. The molecule has 3 heteroatoms. The van der Waals surface area contributed by atoms with Crippen molar-refractivity contribution in [3.63, 3.8) is 0 Å². The molecule has 1 rings (SSSR count). The van der Waals surface area contributed by atoms with Gasteiger partial charge in [0.1, 0.15) is 6.04 Å². The van der Waals surface area contributed by atoms with Gasteiger partial charge in [0.25, 0.3) is 0 Å². The van der Waals surface area contributed by atoms with Crippen LogP contribution in [-0.2, 0) is 9.53 Å². The normalized spacial score (nSPS) is 11.6. The Kier molecular flexibility index (Phi) is 4.56. The molecule has 1 unspecified atom stereocenters. The van der Waals surface area contributed by atoms with Crippen LogP contribution in [-0.4, -0.2) is 19.6 Å². The van der Waals surface area contributed by atoms with E-state index < -0.39 is 6.04 Å². The topological polar surface area (TPSA) is 38.3 Å². The molecule has 0 saturated heterocycles. The van der Waals surface area contributed by atoms with E-state index in [1.165, 1.54) is 7.11 Å². The van der Waals surface area contributed by atoms with Gasteiger partial charge in [0.05, 0.1) is 13.7 Å². The Bertz CT molecular complexity index is 407. The number of ether oxygens (including phenoxy) is 1. The second-order valence-corrected chi connectivity index (χ2v) is 3.46. The lowest BCUT2D eigenvalue weighted by molar-refractivity contribution is -0.143. The molecule has 0 aliphatic carbocycles. The lowest BCUT2D eigenvalue weighted by atomic mass is 10.0. The maximum atomic E-state index is 11.6. The van der Waals surface area contributed by atoms with Gasteiger partial charge in [-0.15, -0.1) is 6.42 Å². The van der Waals surface area contributed by atoms with Gasteiger partial charge < -0.3 is 4.74 Å². The standard InChI is InChI=1S/C13H15NO2/c1-4-8-14-12(13(15)16-3)11-7-5-6-10(2)9-11/h1,5-7,9,12,14H,8H2,2-3H3. The molecule has 0 aliphatic rings. The number of carbonyl (C=O) groups excluding carboxylic acids is 1. The highest BCUT2D eigenvalue weighted by atomic mass is 16.5. The Balaban J connectivity index is 2.92. The Labute approximate surface area is 95.8 Å². The van der Waals surface area contributed by atoms with Gasteiger partial charge in [-0.05, 0) is 12.5 Å². The highest BCUT2D eigenvalue weighted by Gasteiger charge is 2.20. The molecular formula is C13H15NO2. The van der Waals surface area contributed by atoms with Gasteiger partial charge in [-0.3, -0.25) is 5.32 Å². The summed E-state index contributed by atoms with van der Waals surface area (Å²) in [7, 11) is 1.36. The molecule has 0 amide bonds. The number of nitrogens with one attached hydrogen (secondary N) is 1. The minimum atomic E-state index is -0.499. The molecule has 0 fully saturated rings. The number of aryl methyl sites for hydroxylation is 1. The molecule has 0 saturated carbocycles. The first-order valence-electron chi connectivity index (χ1n) is 5.00. The van der Waals surface area contributed by atoms with Gasteiger partial charge >= 0.3 is 5.97 Å². The first-order valence-corrected chi connectivity index (χ1v) is 5.00. The summed E-state index contributed by atoms with van der Waals surface area (Å²) in [4.78, 5) is 11.6. The molecule has 1 aromatic rings. The van der Waals surface area contributed by atoms with Crippen LogP contribution in [0.4, 0.5) is 0 Å². The highest BCUT2D eigenvalue weighted by Crippen LogP contribution is 2.15. The van der Waals surface area contributed by atoms with Crippen molar-refractivity contribution in [3.05, 3.63) is 35.4 Å². The van der Waals surface area contributed by atoms with E-state index in [9.17, 15) is 4.79 Å². The SMILES string of the molecule is C#CCNC(C(=O)OC)c1cccc(C)c1. The van der Waals surface area contributed by atoms with Crippen molar-refractivity contribution in [2.45, 2.75) is 13.0 Å². The fraction of sp³-hybridized carbons (Fsp3) is 0.308. The Morgan fingerprint density at radius 3 is 2.94 bits per heavy atom. The van der Waals surface area contributed by atoms with Gasteiger partial charge in [0.15, 0.2) is 0 Å². The quantitative estimate of drug-likeness (QED) is 0.612. The van der Waals surface area contributed by atoms with Crippen LogP contribution < -0.4 is 5.32 Å². The summed E-state index contributed by atoms with van der Waals surface area (Å²) in [6.07, 6.45) is 5.16. The maximum absolute atomic E-state index is 11.6. The van der Waals surface area contributed by atoms with E-state index in [0.29, 0.717) is 6.54 Å². The van der Waals surface area contributed by atoms with Gasteiger partial charge in [-0.1, -0.05) is 35.7 Å². The third kappa shape index (κ3) is 3.11. The summed E-state index contributed by atoms with van der Waals surface area (Å²) in [5.41, 5.74) is 1.95. The summed E-state index contributed by atoms with van der Waals surface area (Å²) in [5, 5.41) is 2.95. The number of methoxy groups -OCH3 is 1. The van der Waals surface area contributed by atoms with Crippen LogP contribution in [0.1, 0.15) is 17.2 Å². The highest BCUT2D eigenvalue weighted by molar-refractivity contribution is 5.77. The number of hydrogen-bond donors (Lipinski definition) is 1. The van der Waals surface area contributed by atoms with Crippen LogP contribution in [0.3, 0.4) is 0 Å². The largest absolute Gasteiger partial charge is 0.468 e. The van der Waals surface area contributed by atoms with Gasteiger partial charge in [0, 0.05) is 0 Å². The Morgan fingerprint density at radius 2 is 2.38 bits per heavy atom. The molecule has 0 aromatic heterocycles. The van der Waals surface area contributed by atoms with E-state index in [-0.39, 0.29) is 5.97 Å². The van der Waals surface area contributed by atoms with E-state index in [0.717, 1.165) is 11.1 Å². The number of benzene rings is 1. The third-order valence-corrected chi connectivity index (χ3v) is 2.22.